The van der Waals surface area contributed by atoms with Crippen LogP contribution >= 0.6 is 35.3 Å². The molecule has 0 saturated carbocycles. The molecule has 0 amide bonds. The van der Waals surface area contributed by atoms with Crippen LogP contribution in [0.25, 0.3) is 0 Å². The highest BCUT2D eigenvalue weighted by molar-refractivity contribution is 8.34. The highest BCUT2D eigenvalue weighted by Gasteiger charge is 2.36. The van der Waals surface area contributed by atoms with E-state index >= 15 is 0 Å². The van der Waals surface area contributed by atoms with Crippen molar-refractivity contribution in [2.24, 2.45) is 0 Å². The van der Waals surface area contributed by atoms with Crippen LogP contribution in [0.1, 0.15) is 10.4 Å². The molecule has 1 aromatic carbocycles. The second kappa shape index (κ2) is 5.87. The van der Waals surface area contributed by atoms with Gasteiger partial charge in [0.15, 0.2) is 9.19 Å². The Balaban J connectivity index is 3.01. The summed E-state index contributed by atoms with van der Waals surface area (Å²) in [5.41, 5.74) is 0.788. The van der Waals surface area contributed by atoms with Crippen LogP contribution in [-0.2, 0) is 0 Å². The monoisotopic (exact) mass is 258 g/mol. The number of rotatable bonds is 5. The van der Waals surface area contributed by atoms with E-state index in [9.17, 15) is 4.79 Å². The van der Waals surface area contributed by atoms with Crippen molar-refractivity contribution in [3.63, 3.8) is 0 Å². The number of ketones is 1. The van der Waals surface area contributed by atoms with Crippen molar-refractivity contribution in [3.8, 4) is 0 Å². The van der Waals surface area contributed by atoms with Gasteiger partial charge in [-0.05, 0) is 18.8 Å². The van der Waals surface area contributed by atoms with E-state index in [0.717, 1.165) is 5.56 Å². The molecule has 0 aliphatic rings. The van der Waals surface area contributed by atoms with Crippen molar-refractivity contribution in [2.75, 3.05) is 18.8 Å². The van der Waals surface area contributed by atoms with E-state index in [-0.39, 0.29) is 5.78 Å². The van der Waals surface area contributed by atoms with Crippen LogP contribution in [0.4, 0.5) is 0 Å². The van der Waals surface area contributed by atoms with Gasteiger partial charge in [0.05, 0.1) is 0 Å². The first kappa shape index (κ1) is 13.0. The van der Waals surface area contributed by atoms with Crippen LogP contribution in [0, 0.1) is 0 Å². The molecule has 0 radical (unpaired) electrons. The van der Waals surface area contributed by atoms with Gasteiger partial charge >= 0.3 is 0 Å². The van der Waals surface area contributed by atoms with E-state index < -0.39 is 3.41 Å². The quantitative estimate of drug-likeness (QED) is 0.592. The summed E-state index contributed by atoms with van der Waals surface area (Å²) in [4.78, 5) is 12.3. The Labute approximate surface area is 104 Å². The second-order valence-corrected chi connectivity index (χ2v) is 6.70. The Bertz CT molecular complexity index is 312. The number of Topliss-reactive ketones (excluding diaryl/α,β-unsaturated/α-hetero) is 1. The summed E-state index contributed by atoms with van der Waals surface area (Å²) in [5.74, 6) is 0.190. The molecule has 0 spiro atoms. The average Bonchev–Trinajstić information content (AvgIpc) is 2.33. The molecule has 0 saturated heterocycles. The van der Waals surface area contributed by atoms with E-state index in [4.69, 9.17) is 0 Å². The zero-order chi connectivity index (χ0) is 11.3. The molecular weight excluding hydrogens is 244 g/mol. The lowest BCUT2D eigenvalue weighted by Gasteiger charge is -2.26. The molecule has 0 fully saturated rings. The minimum absolute atomic E-state index is 0.190. The number of thioether (sulfide) groups is 3. The van der Waals surface area contributed by atoms with Crippen LogP contribution in [0.5, 0.6) is 0 Å². The summed E-state index contributed by atoms with van der Waals surface area (Å²) >= 11 is 4.79. The molecular formula is C11H14OS3. The van der Waals surface area contributed by atoms with Crippen LogP contribution in [0.15, 0.2) is 30.3 Å². The maximum atomic E-state index is 12.3. The van der Waals surface area contributed by atoms with Crippen LogP contribution in [0.2, 0.25) is 0 Å². The topological polar surface area (TPSA) is 17.1 Å². The third-order valence-corrected chi connectivity index (χ3v) is 7.29. The fourth-order valence-corrected chi connectivity index (χ4v) is 4.20. The first-order chi connectivity index (χ1) is 7.20. The molecule has 1 aromatic rings. The summed E-state index contributed by atoms with van der Waals surface area (Å²) in [5, 5.41) is 0. The Morgan fingerprint density at radius 3 is 1.87 bits per heavy atom. The fraction of sp³-hybridized carbons (Fsp3) is 0.364. The van der Waals surface area contributed by atoms with E-state index in [0.29, 0.717) is 0 Å². The maximum absolute atomic E-state index is 12.3. The summed E-state index contributed by atoms with van der Waals surface area (Å²) in [6, 6.07) is 9.48. The molecule has 0 unspecified atom stereocenters. The predicted octanol–water partition coefficient (Wildman–Crippen LogP) is 3.61. The summed E-state index contributed by atoms with van der Waals surface area (Å²) in [6.45, 7) is 0. The summed E-state index contributed by atoms with van der Waals surface area (Å²) < 4.78 is -0.401. The lowest BCUT2D eigenvalue weighted by molar-refractivity contribution is 0.100. The number of hydrogen-bond donors (Lipinski definition) is 0. The molecule has 4 heteroatoms. The summed E-state index contributed by atoms with van der Waals surface area (Å²) in [6.07, 6.45) is 5.94. The third-order valence-electron chi connectivity index (χ3n) is 2.12. The molecule has 0 aliphatic carbocycles. The van der Waals surface area contributed by atoms with Gasteiger partial charge in [-0.15, -0.1) is 35.3 Å². The van der Waals surface area contributed by atoms with Gasteiger partial charge in [-0.25, -0.2) is 0 Å². The Morgan fingerprint density at radius 1 is 1.00 bits per heavy atom. The Morgan fingerprint density at radius 2 is 1.47 bits per heavy atom. The van der Waals surface area contributed by atoms with Gasteiger partial charge < -0.3 is 0 Å². The molecule has 0 aliphatic heterocycles. The number of carbonyl (C=O) groups is 1. The van der Waals surface area contributed by atoms with Crippen LogP contribution in [0.3, 0.4) is 0 Å². The van der Waals surface area contributed by atoms with E-state index in [1.807, 2.05) is 49.1 Å². The Hall–Kier alpha value is -0.0600. The highest BCUT2D eigenvalue weighted by Crippen LogP contribution is 2.45. The van der Waals surface area contributed by atoms with Gasteiger partial charge in [-0.1, -0.05) is 30.3 Å². The first-order valence-electron chi connectivity index (χ1n) is 4.45. The zero-order valence-corrected chi connectivity index (χ0v) is 11.5. The maximum Gasteiger partial charge on any atom is 0.199 e. The minimum atomic E-state index is -0.401. The highest BCUT2D eigenvalue weighted by atomic mass is 32.3. The standard InChI is InChI=1S/C11H14OS3/c1-13-11(14-2,15-3)10(12)9-7-5-4-6-8-9/h4-8H,1-3H3. The van der Waals surface area contributed by atoms with Crippen molar-refractivity contribution in [1.82, 2.24) is 0 Å². The van der Waals surface area contributed by atoms with E-state index in [2.05, 4.69) is 0 Å². The van der Waals surface area contributed by atoms with Gasteiger partial charge in [-0.3, -0.25) is 4.79 Å². The van der Waals surface area contributed by atoms with Gasteiger partial charge in [0, 0.05) is 5.56 Å². The van der Waals surface area contributed by atoms with E-state index in [1.165, 1.54) is 0 Å². The zero-order valence-electron chi connectivity index (χ0n) is 9.02. The lowest BCUT2D eigenvalue weighted by Crippen LogP contribution is -2.27. The largest absolute Gasteiger partial charge is 0.291 e. The van der Waals surface area contributed by atoms with Crippen molar-refractivity contribution >= 4 is 41.1 Å². The van der Waals surface area contributed by atoms with Crippen molar-refractivity contribution in [1.29, 1.82) is 0 Å². The molecule has 0 aromatic heterocycles. The van der Waals surface area contributed by atoms with Crippen molar-refractivity contribution < 1.29 is 4.79 Å². The molecule has 1 rings (SSSR count). The molecule has 0 heterocycles. The van der Waals surface area contributed by atoms with Gasteiger partial charge in [0.1, 0.15) is 0 Å². The smallest absolute Gasteiger partial charge is 0.199 e. The number of hydrogen-bond acceptors (Lipinski definition) is 4. The van der Waals surface area contributed by atoms with Crippen LogP contribution < -0.4 is 0 Å². The molecule has 15 heavy (non-hydrogen) atoms. The lowest BCUT2D eigenvalue weighted by atomic mass is 10.1. The molecule has 0 atom stereocenters. The van der Waals surface area contributed by atoms with Crippen molar-refractivity contribution in [2.45, 2.75) is 3.41 Å². The second-order valence-electron chi connectivity index (χ2n) is 2.86. The molecule has 0 N–H and O–H groups in total. The predicted molar refractivity (Wildman–Crippen MR) is 74.0 cm³/mol. The van der Waals surface area contributed by atoms with Crippen molar-refractivity contribution in [3.05, 3.63) is 35.9 Å². The molecule has 1 nitrogen and oxygen atoms in total. The van der Waals surface area contributed by atoms with Crippen LogP contribution in [-0.4, -0.2) is 28.0 Å². The fourth-order valence-electron chi connectivity index (χ4n) is 1.29. The van der Waals surface area contributed by atoms with Gasteiger partial charge in [0.25, 0.3) is 0 Å². The van der Waals surface area contributed by atoms with E-state index in [1.54, 1.807) is 35.3 Å². The first-order valence-corrected chi connectivity index (χ1v) is 8.13. The normalized spacial score (nSPS) is 11.4. The summed E-state index contributed by atoms with van der Waals surface area (Å²) in [7, 11) is 0. The SMILES string of the molecule is CSC(SC)(SC)C(=O)c1ccccc1. The molecule has 0 bridgehead atoms. The molecule has 82 valence electrons. The Kier molecular flexibility index (Phi) is 5.09. The number of benzene rings is 1. The minimum Gasteiger partial charge on any atom is -0.291 e. The third kappa shape index (κ3) is 2.74. The number of carbonyl (C=O) groups excluding carboxylic acids is 1. The average molecular weight is 258 g/mol. The van der Waals surface area contributed by atoms with Gasteiger partial charge in [0.2, 0.25) is 0 Å². The van der Waals surface area contributed by atoms with Gasteiger partial charge in [-0.2, -0.15) is 0 Å².